The molecule has 0 fully saturated rings. The number of anilines is 1. The van der Waals surface area contributed by atoms with Gasteiger partial charge in [-0.1, -0.05) is 19.9 Å². The highest BCUT2D eigenvalue weighted by atomic mass is 32.2. The lowest BCUT2D eigenvalue weighted by atomic mass is 9.95. The fourth-order valence-electron chi connectivity index (χ4n) is 2.19. The molecule has 0 aromatic heterocycles. The molecule has 0 heterocycles. The third-order valence-corrected chi connectivity index (χ3v) is 4.54. The molecule has 20 heavy (non-hydrogen) atoms. The number of nitrogens with two attached hydrogens (primary N) is 1. The number of sulfonamides is 1. The quantitative estimate of drug-likeness (QED) is 0.697. The first-order valence-electron chi connectivity index (χ1n) is 6.62. The zero-order chi connectivity index (χ0) is 15.6. The minimum atomic E-state index is -3.67. The van der Waals surface area contributed by atoms with Gasteiger partial charge in [-0.15, -0.1) is 0 Å². The number of aliphatic hydroxyl groups is 1. The third kappa shape index (κ3) is 4.77. The maximum Gasteiger partial charge on any atom is 0.241 e. The van der Waals surface area contributed by atoms with E-state index in [0.717, 1.165) is 0 Å². The van der Waals surface area contributed by atoms with Crippen LogP contribution in [0, 0.1) is 12.8 Å². The highest BCUT2D eigenvalue weighted by Gasteiger charge is 2.26. The van der Waals surface area contributed by atoms with E-state index >= 15 is 0 Å². The van der Waals surface area contributed by atoms with Crippen molar-refractivity contribution in [1.82, 2.24) is 4.72 Å². The molecule has 0 aliphatic heterocycles. The van der Waals surface area contributed by atoms with Gasteiger partial charge in [0.15, 0.2) is 0 Å². The molecule has 0 bridgehead atoms. The van der Waals surface area contributed by atoms with Gasteiger partial charge in [-0.05, 0) is 43.9 Å². The smallest absolute Gasteiger partial charge is 0.241 e. The average molecular weight is 300 g/mol. The number of hydrogen-bond acceptors (Lipinski definition) is 4. The second-order valence-corrected chi connectivity index (χ2v) is 7.68. The minimum Gasteiger partial charge on any atom is -0.399 e. The fraction of sp³-hybridized carbons (Fsp3) is 0.571. The molecule has 1 atom stereocenters. The number of hydrogen-bond donors (Lipinski definition) is 3. The van der Waals surface area contributed by atoms with E-state index in [9.17, 15) is 13.5 Å². The first-order chi connectivity index (χ1) is 9.03. The van der Waals surface area contributed by atoms with Crippen LogP contribution in [-0.2, 0) is 10.0 Å². The molecule has 1 rings (SSSR count). The summed E-state index contributed by atoms with van der Waals surface area (Å²) in [5.74, 6) is 0.281. The summed E-state index contributed by atoms with van der Waals surface area (Å²) in [4.78, 5) is 0.151. The molecule has 0 radical (unpaired) electrons. The summed E-state index contributed by atoms with van der Waals surface area (Å²) in [6.07, 6.45) is 0.519. The third-order valence-electron chi connectivity index (χ3n) is 2.99. The van der Waals surface area contributed by atoms with Crippen LogP contribution in [0.25, 0.3) is 0 Å². The first-order valence-corrected chi connectivity index (χ1v) is 8.10. The van der Waals surface area contributed by atoms with Gasteiger partial charge in [-0.3, -0.25) is 0 Å². The van der Waals surface area contributed by atoms with E-state index in [1.165, 1.54) is 6.07 Å². The second kappa shape index (κ2) is 6.11. The Hall–Kier alpha value is -1.11. The Morgan fingerprint density at radius 1 is 1.40 bits per heavy atom. The summed E-state index contributed by atoms with van der Waals surface area (Å²) in [5, 5.41) is 10.2. The standard InChI is InChI=1S/C14H24N2O3S/c1-10(2)8-14(4,17)9-16-20(18,19)13-7-12(15)6-5-11(13)3/h5-7,10,16-17H,8-9,15H2,1-4H3. The number of nitrogen functional groups attached to an aromatic ring is 1. The topological polar surface area (TPSA) is 92.4 Å². The zero-order valence-electron chi connectivity index (χ0n) is 12.5. The van der Waals surface area contributed by atoms with Crippen LogP contribution in [0.1, 0.15) is 32.8 Å². The summed E-state index contributed by atoms with van der Waals surface area (Å²) in [5.41, 5.74) is 5.57. The van der Waals surface area contributed by atoms with E-state index in [0.29, 0.717) is 17.7 Å². The number of nitrogens with one attached hydrogen (secondary N) is 1. The Morgan fingerprint density at radius 3 is 2.55 bits per heavy atom. The van der Waals surface area contributed by atoms with Gasteiger partial charge in [-0.2, -0.15) is 0 Å². The largest absolute Gasteiger partial charge is 0.399 e. The lowest BCUT2D eigenvalue weighted by molar-refractivity contribution is 0.0436. The molecule has 0 aliphatic carbocycles. The van der Waals surface area contributed by atoms with Crippen molar-refractivity contribution in [1.29, 1.82) is 0 Å². The van der Waals surface area contributed by atoms with Crippen molar-refractivity contribution < 1.29 is 13.5 Å². The van der Waals surface area contributed by atoms with Crippen molar-refractivity contribution in [3.63, 3.8) is 0 Å². The van der Waals surface area contributed by atoms with E-state index < -0.39 is 15.6 Å². The van der Waals surface area contributed by atoms with Crippen LogP contribution >= 0.6 is 0 Å². The predicted octanol–water partition coefficient (Wildman–Crippen LogP) is 1.65. The van der Waals surface area contributed by atoms with Gasteiger partial charge < -0.3 is 10.8 Å². The Bertz CT molecular complexity index is 566. The van der Waals surface area contributed by atoms with Crippen LogP contribution in [0.2, 0.25) is 0 Å². The SMILES string of the molecule is Cc1ccc(N)cc1S(=O)(=O)NCC(C)(O)CC(C)C. The minimum absolute atomic E-state index is 0.0260. The lowest BCUT2D eigenvalue weighted by Gasteiger charge is -2.25. The Morgan fingerprint density at radius 2 is 2.00 bits per heavy atom. The van der Waals surface area contributed by atoms with E-state index in [-0.39, 0.29) is 17.4 Å². The predicted molar refractivity (Wildman–Crippen MR) is 80.9 cm³/mol. The highest BCUT2D eigenvalue weighted by Crippen LogP contribution is 2.20. The summed E-state index contributed by atoms with van der Waals surface area (Å²) in [6, 6.07) is 4.74. The van der Waals surface area contributed by atoms with E-state index in [4.69, 9.17) is 5.73 Å². The van der Waals surface area contributed by atoms with Crippen LogP contribution < -0.4 is 10.5 Å². The molecule has 0 aliphatic rings. The maximum absolute atomic E-state index is 12.3. The van der Waals surface area contributed by atoms with Crippen LogP contribution in [0.5, 0.6) is 0 Å². The summed E-state index contributed by atoms with van der Waals surface area (Å²) in [7, 11) is -3.67. The molecular formula is C14H24N2O3S. The number of rotatable bonds is 6. The average Bonchev–Trinajstić information content (AvgIpc) is 2.28. The van der Waals surface area contributed by atoms with Crippen LogP contribution in [0.4, 0.5) is 5.69 Å². The Balaban J connectivity index is 2.88. The lowest BCUT2D eigenvalue weighted by Crippen LogP contribution is -2.41. The van der Waals surface area contributed by atoms with Crippen molar-refractivity contribution in [2.45, 2.75) is 44.6 Å². The van der Waals surface area contributed by atoms with Gasteiger partial charge in [0.25, 0.3) is 0 Å². The van der Waals surface area contributed by atoms with Gasteiger partial charge in [0.2, 0.25) is 10.0 Å². The fourth-order valence-corrected chi connectivity index (χ4v) is 3.63. The summed E-state index contributed by atoms with van der Waals surface area (Å²) in [6.45, 7) is 7.26. The highest BCUT2D eigenvalue weighted by molar-refractivity contribution is 7.89. The van der Waals surface area contributed by atoms with Crippen molar-refractivity contribution >= 4 is 15.7 Å². The van der Waals surface area contributed by atoms with Gasteiger partial charge in [0.05, 0.1) is 10.5 Å². The molecule has 1 aromatic rings. The molecule has 0 amide bonds. The Kier molecular flexibility index (Phi) is 5.18. The molecular weight excluding hydrogens is 276 g/mol. The summed E-state index contributed by atoms with van der Waals surface area (Å²) >= 11 is 0. The van der Waals surface area contributed by atoms with Gasteiger partial charge in [0.1, 0.15) is 0 Å². The van der Waals surface area contributed by atoms with Crippen molar-refractivity contribution in [2.24, 2.45) is 5.92 Å². The number of benzene rings is 1. The van der Waals surface area contributed by atoms with E-state index in [1.807, 2.05) is 13.8 Å². The van der Waals surface area contributed by atoms with E-state index in [1.54, 1.807) is 26.0 Å². The normalized spacial score (nSPS) is 15.3. The van der Waals surface area contributed by atoms with Crippen molar-refractivity contribution in [3.05, 3.63) is 23.8 Å². The van der Waals surface area contributed by atoms with E-state index in [2.05, 4.69) is 4.72 Å². The molecule has 0 saturated carbocycles. The van der Waals surface area contributed by atoms with Crippen LogP contribution in [0.15, 0.2) is 23.1 Å². The molecule has 114 valence electrons. The number of aryl methyl sites for hydroxylation is 1. The van der Waals surface area contributed by atoms with Crippen LogP contribution in [-0.4, -0.2) is 25.7 Å². The first kappa shape index (κ1) is 16.9. The van der Waals surface area contributed by atoms with Crippen molar-refractivity contribution in [2.75, 3.05) is 12.3 Å². The molecule has 4 N–H and O–H groups in total. The molecule has 5 nitrogen and oxygen atoms in total. The van der Waals surface area contributed by atoms with Gasteiger partial charge >= 0.3 is 0 Å². The second-order valence-electron chi connectivity index (χ2n) is 5.94. The van der Waals surface area contributed by atoms with Crippen LogP contribution in [0.3, 0.4) is 0 Å². The zero-order valence-corrected chi connectivity index (χ0v) is 13.3. The van der Waals surface area contributed by atoms with Crippen molar-refractivity contribution in [3.8, 4) is 0 Å². The Labute approximate surface area is 121 Å². The molecule has 0 spiro atoms. The molecule has 1 aromatic carbocycles. The van der Waals surface area contributed by atoms with Gasteiger partial charge in [-0.25, -0.2) is 13.1 Å². The molecule has 6 heteroatoms. The summed E-state index contributed by atoms with van der Waals surface area (Å²) < 4.78 is 27.0. The molecule has 0 saturated heterocycles. The molecule has 1 unspecified atom stereocenters. The monoisotopic (exact) mass is 300 g/mol. The maximum atomic E-state index is 12.3. The van der Waals surface area contributed by atoms with Gasteiger partial charge in [0, 0.05) is 12.2 Å².